The molecule has 1 aliphatic heterocycles. The molecule has 0 aromatic carbocycles. The Balaban J connectivity index is 3.02. The van der Waals surface area contributed by atoms with Crippen molar-refractivity contribution >= 4 is 32.6 Å². The van der Waals surface area contributed by atoms with Crippen LogP contribution in [0.15, 0.2) is 12.2 Å². The van der Waals surface area contributed by atoms with Crippen LogP contribution < -0.4 is 5.73 Å². The van der Waals surface area contributed by atoms with Crippen LogP contribution in [0.5, 0.6) is 0 Å². The number of nitrogens with two attached hydrogens (primary N) is 1. The number of nitrogens with zero attached hydrogens (tertiary/aromatic N) is 1. The van der Waals surface area contributed by atoms with Crippen molar-refractivity contribution < 1.29 is 18.9 Å². The molecular formula is C8H11ClN2O4S. The fraction of sp³-hybridized carbons (Fsp3) is 0.500. The van der Waals surface area contributed by atoms with E-state index in [1.807, 2.05) is 0 Å². The van der Waals surface area contributed by atoms with Gasteiger partial charge in [-0.25, -0.2) is 9.00 Å². The van der Waals surface area contributed by atoms with Gasteiger partial charge in [0.15, 0.2) is 6.04 Å². The summed E-state index contributed by atoms with van der Waals surface area (Å²) in [6.07, 6.45) is 0. The van der Waals surface area contributed by atoms with Crippen molar-refractivity contribution in [1.29, 1.82) is 0 Å². The molecule has 16 heavy (non-hydrogen) atoms. The van der Waals surface area contributed by atoms with Crippen molar-refractivity contribution in [3.63, 3.8) is 0 Å². The Labute approximate surface area is 99.0 Å². The molecule has 3 N–H and O–H groups in total. The number of hydrogen-bond donors (Lipinski definition) is 2. The third kappa shape index (κ3) is 1.98. The zero-order chi connectivity index (χ0) is 12.6. The smallest absolute Gasteiger partial charge is 0.330 e. The summed E-state index contributed by atoms with van der Waals surface area (Å²) in [5.74, 6) is -1.84. The van der Waals surface area contributed by atoms with Gasteiger partial charge in [-0.1, -0.05) is 6.58 Å². The van der Waals surface area contributed by atoms with Crippen LogP contribution in [0.4, 0.5) is 0 Å². The highest BCUT2D eigenvalue weighted by molar-refractivity contribution is 8.08. The summed E-state index contributed by atoms with van der Waals surface area (Å²) in [7, 11) is 3.45. The first kappa shape index (κ1) is 13.1. The SMILES string of the molecule is C=C(C)C(C(=O)O)N1C(=O)C(N)C1S(=O)Cl. The van der Waals surface area contributed by atoms with Crippen molar-refractivity contribution in [3.05, 3.63) is 12.2 Å². The molecule has 1 heterocycles. The molecule has 0 aromatic rings. The summed E-state index contributed by atoms with van der Waals surface area (Å²) in [5.41, 5.74) is 5.65. The summed E-state index contributed by atoms with van der Waals surface area (Å²) >= 11 is 0. The number of amides is 1. The van der Waals surface area contributed by atoms with E-state index in [-0.39, 0.29) is 5.57 Å². The maximum absolute atomic E-state index is 11.4. The van der Waals surface area contributed by atoms with Crippen LogP contribution >= 0.6 is 10.7 Å². The molecule has 0 saturated carbocycles. The number of likely N-dealkylation sites (tertiary alicyclic amines) is 1. The van der Waals surface area contributed by atoms with Gasteiger partial charge in [0.25, 0.3) is 0 Å². The number of carbonyl (C=O) groups excluding carboxylic acids is 1. The van der Waals surface area contributed by atoms with Crippen LogP contribution in [0.1, 0.15) is 6.92 Å². The number of aliphatic carboxylic acids is 1. The molecule has 1 aliphatic rings. The zero-order valence-electron chi connectivity index (χ0n) is 8.42. The van der Waals surface area contributed by atoms with Crippen LogP contribution in [-0.4, -0.2) is 43.5 Å². The molecule has 0 spiro atoms. The van der Waals surface area contributed by atoms with Crippen molar-refractivity contribution in [2.45, 2.75) is 24.4 Å². The van der Waals surface area contributed by atoms with Gasteiger partial charge < -0.3 is 15.7 Å². The van der Waals surface area contributed by atoms with Gasteiger partial charge in [0.05, 0.1) is 0 Å². The second-order valence-electron chi connectivity index (χ2n) is 3.50. The Hall–Kier alpha value is -0.920. The number of rotatable bonds is 4. The predicted molar refractivity (Wildman–Crippen MR) is 58.8 cm³/mol. The molecule has 0 aliphatic carbocycles. The van der Waals surface area contributed by atoms with Crippen molar-refractivity contribution in [1.82, 2.24) is 4.90 Å². The van der Waals surface area contributed by atoms with Crippen molar-refractivity contribution in [3.8, 4) is 0 Å². The minimum Gasteiger partial charge on any atom is -0.479 e. The lowest BCUT2D eigenvalue weighted by molar-refractivity contribution is -0.157. The third-order valence-electron chi connectivity index (χ3n) is 2.29. The topological polar surface area (TPSA) is 101 Å². The van der Waals surface area contributed by atoms with Crippen LogP contribution in [0, 0.1) is 0 Å². The Morgan fingerprint density at radius 3 is 2.56 bits per heavy atom. The molecule has 4 unspecified atom stereocenters. The minimum absolute atomic E-state index is 0.250. The van der Waals surface area contributed by atoms with E-state index in [0.717, 1.165) is 4.90 Å². The first-order chi connectivity index (χ1) is 7.29. The molecule has 8 heteroatoms. The molecule has 90 valence electrons. The van der Waals surface area contributed by atoms with Crippen LogP contribution in [0.25, 0.3) is 0 Å². The number of carbonyl (C=O) groups is 2. The molecular weight excluding hydrogens is 256 g/mol. The molecule has 0 radical (unpaired) electrons. The average molecular weight is 267 g/mol. The van der Waals surface area contributed by atoms with E-state index in [1.54, 1.807) is 0 Å². The van der Waals surface area contributed by atoms with E-state index < -0.39 is 39.3 Å². The van der Waals surface area contributed by atoms with Gasteiger partial charge >= 0.3 is 5.97 Å². The van der Waals surface area contributed by atoms with Crippen molar-refractivity contribution in [2.24, 2.45) is 5.73 Å². The van der Waals surface area contributed by atoms with Crippen LogP contribution in [0.2, 0.25) is 0 Å². The Bertz CT molecular complexity index is 372. The molecule has 0 bridgehead atoms. The number of hydrogen-bond acceptors (Lipinski definition) is 4. The Kier molecular flexibility index (Phi) is 3.72. The molecule has 4 atom stereocenters. The molecule has 6 nitrogen and oxygen atoms in total. The molecule has 1 rings (SSSR count). The van der Waals surface area contributed by atoms with Gasteiger partial charge in [-0.15, -0.1) is 0 Å². The highest BCUT2D eigenvalue weighted by Crippen LogP contribution is 2.28. The van der Waals surface area contributed by atoms with Gasteiger partial charge in [-0.05, 0) is 23.2 Å². The lowest BCUT2D eigenvalue weighted by atomic mass is 10.0. The van der Waals surface area contributed by atoms with E-state index in [4.69, 9.17) is 21.5 Å². The summed E-state index contributed by atoms with van der Waals surface area (Å²) < 4.78 is 11.1. The highest BCUT2D eigenvalue weighted by Gasteiger charge is 2.53. The third-order valence-corrected chi connectivity index (χ3v) is 3.74. The number of carboxylic acid groups (broad SMARTS) is 1. The average Bonchev–Trinajstić information content (AvgIpc) is 2.14. The summed E-state index contributed by atoms with van der Waals surface area (Å²) in [6, 6.07) is -2.25. The normalized spacial score (nSPS) is 28.2. The highest BCUT2D eigenvalue weighted by atomic mass is 35.7. The maximum Gasteiger partial charge on any atom is 0.330 e. The molecule has 1 fully saturated rings. The fourth-order valence-electron chi connectivity index (χ4n) is 1.56. The lowest BCUT2D eigenvalue weighted by Crippen LogP contribution is -2.73. The summed E-state index contributed by atoms with van der Waals surface area (Å²) in [6.45, 7) is 4.94. The zero-order valence-corrected chi connectivity index (χ0v) is 9.99. The van der Waals surface area contributed by atoms with E-state index in [1.165, 1.54) is 6.92 Å². The molecule has 1 saturated heterocycles. The van der Waals surface area contributed by atoms with Gasteiger partial charge in [0.1, 0.15) is 21.4 Å². The Morgan fingerprint density at radius 1 is 1.75 bits per heavy atom. The van der Waals surface area contributed by atoms with E-state index in [2.05, 4.69) is 6.58 Å². The van der Waals surface area contributed by atoms with Crippen LogP contribution in [-0.2, 0) is 19.6 Å². The van der Waals surface area contributed by atoms with E-state index >= 15 is 0 Å². The maximum atomic E-state index is 11.4. The largest absolute Gasteiger partial charge is 0.479 e. The summed E-state index contributed by atoms with van der Waals surface area (Å²) in [4.78, 5) is 23.3. The van der Waals surface area contributed by atoms with Gasteiger partial charge in [-0.3, -0.25) is 4.79 Å². The monoisotopic (exact) mass is 266 g/mol. The number of halogens is 1. The predicted octanol–water partition coefficient (Wildman–Crippen LogP) is -0.586. The lowest BCUT2D eigenvalue weighted by Gasteiger charge is -2.46. The standard InChI is InChI=1S/C8H11ClN2O4S/c1-3(2)5(8(13)14)11-6(12)4(10)7(11)16(9)15/h4-5,7H,1,10H2,2H3,(H,13,14). The fourth-order valence-corrected chi connectivity index (χ4v) is 2.90. The van der Waals surface area contributed by atoms with Crippen molar-refractivity contribution in [2.75, 3.05) is 0 Å². The molecule has 1 amide bonds. The second kappa shape index (κ2) is 4.52. The van der Waals surface area contributed by atoms with Crippen LogP contribution in [0.3, 0.4) is 0 Å². The van der Waals surface area contributed by atoms with Gasteiger partial charge in [0, 0.05) is 0 Å². The Morgan fingerprint density at radius 2 is 2.25 bits per heavy atom. The van der Waals surface area contributed by atoms with E-state index in [0.29, 0.717) is 0 Å². The minimum atomic E-state index is -1.91. The second-order valence-corrected chi connectivity index (χ2v) is 5.39. The molecule has 0 aromatic heterocycles. The first-order valence-corrected chi connectivity index (χ1v) is 6.35. The number of β-lactam (4-membered cyclic amide) rings is 1. The van der Waals surface area contributed by atoms with E-state index in [9.17, 15) is 13.8 Å². The summed E-state index contributed by atoms with van der Waals surface area (Å²) in [5, 5.41) is 7.97. The first-order valence-electron chi connectivity index (χ1n) is 4.31. The van der Waals surface area contributed by atoms with Gasteiger partial charge in [0.2, 0.25) is 5.91 Å². The quantitative estimate of drug-likeness (QED) is 0.403. The number of carboxylic acids is 1. The van der Waals surface area contributed by atoms with Gasteiger partial charge in [-0.2, -0.15) is 0 Å².